The molecular formula is C23H31Cl2N3O4. The van der Waals surface area contributed by atoms with Crippen LogP contribution in [0, 0.1) is 0 Å². The first-order valence-electron chi connectivity index (χ1n) is 11.1. The van der Waals surface area contributed by atoms with Gasteiger partial charge in [-0.2, -0.15) is 0 Å². The van der Waals surface area contributed by atoms with Crippen molar-refractivity contribution >= 4 is 35.0 Å². The molecule has 3 rings (SSSR count). The molecule has 9 heteroatoms. The summed E-state index contributed by atoms with van der Waals surface area (Å²) in [6, 6.07) is 4.78. The van der Waals surface area contributed by atoms with Crippen molar-refractivity contribution in [2.75, 3.05) is 26.2 Å². The quantitative estimate of drug-likeness (QED) is 0.469. The molecule has 2 aliphatic heterocycles. The van der Waals surface area contributed by atoms with E-state index in [9.17, 15) is 14.7 Å². The maximum absolute atomic E-state index is 12.3. The molecule has 0 spiro atoms. The van der Waals surface area contributed by atoms with Gasteiger partial charge < -0.3 is 25.4 Å². The van der Waals surface area contributed by atoms with E-state index >= 15 is 0 Å². The van der Waals surface area contributed by atoms with E-state index in [0.29, 0.717) is 23.0 Å². The van der Waals surface area contributed by atoms with Crippen LogP contribution in [0.2, 0.25) is 10.0 Å². The van der Waals surface area contributed by atoms with E-state index in [-0.39, 0.29) is 24.8 Å². The normalized spacial score (nSPS) is 23.7. The molecule has 0 aromatic heterocycles. The number of aliphatic hydroxyl groups is 1. The van der Waals surface area contributed by atoms with Crippen LogP contribution in [-0.4, -0.2) is 66.3 Å². The van der Waals surface area contributed by atoms with Crippen molar-refractivity contribution in [2.45, 2.75) is 56.9 Å². The van der Waals surface area contributed by atoms with Crippen LogP contribution < -0.4 is 10.6 Å². The molecule has 0 aliphatic carbocycles. The zero-order chi connectivity index (χ0) is 22.9. The zero-order valence-electron chi connectivity index (χ0n) is 18.1. The Bertz CT molecular complexity index is 814. The third-order valence-corrected chi connectivity index (χ3v) is 6.49. The van der Waals surface area contributed by atoms with Gasteiger partial charge in [-0.05, 0) is 43.6 Å². The van der Waals surface area contributed by atoms with Crippen LogP contribution in [0.1, 0.15) is 37.7 Å². The third kappa shape index (κ3) is 7.74. The molecule has 0 unspecified atom stereocenters. The van der Waals surface area contributed by atoms with E-state index < -0.39 is 18.2 Å². The summed E-state index contributed by atoms with van der Waals surface area (Å²) in [5, 5.41) is 16.4. The molecule has 1 saturated heterocycles. The predicted octanol–water partition coefficient (Wildman–Crippen LogP) is 2.68. The van der Waals surface area contributed by atoms with E-state index in [4.69, 9.17) is 27.9 Å². The average Bonchev–Trinajstić information content (AvgIpc) is 2.80. The number of nitrogens with one attached hydrogen (secondary N) is 2. The summed E-state index contributed by atoms with van der Waals surface area (Å²) in [7, 11) is 0. The number of hydrogen-bond acceptors (Lipinski definition) is 5. The van der Waals surface area contributed by atoms with Gasteiger partial charge in [0.1, 0.15) is 6.10 Å². The standard InChI is InChI=1S/C23H31Cl2N3O4/c24-18-6-4-16(12-19(18)25)14-26-23(31)13-17-5-7-20(21(15-29)32-17)27-22(30)8-11-28-9-2-1-3-10-28/h4-7,12,17,20-21,29H,1-3,8-11,13-15H2,(H,26,31)(H,27,30)/t17-,20-,21+/m0/s1. The predicted molar refractivity (Wildman–Crippen MR) is 125 cm³/mol. The zero-order valence-corrected chi connectivity index (χ0v) is 19.6. The first-order valence-corrected chi connectivity index (χ1v) is 11.9. The number of hydrogen-bond donors (Lipinski definition) is 3. The van der Waals surface area contributed by atoms with Crippen molar-refractivity contribution in [1.29, 1.82) is 0 Å². The summed E-state index contributed by atoms with van der Waals surface area (Å²) in [6.45, 7) is 2.92. The molecule has 1 aromatic carbocycles. The molecule has 0 radical (unpaired) electrons. The highest BCUT2D eigenvalue weighted by atomic mass is 35.5. The van der Waals surface area contributed by atoms with Crippen molar-refractivity contribution in [3.05, 3.63) is 46.0 Å². The van der Waals surface area contributed by atoms with Gasteiger partial charge in [-0.3, -0.25) is 9.59 Å². The Balaban J connectivity index is 1.42. The molecule has 1 fully saturated rings. The van der Waals surface area contributed by atoms with E-state index in [1.165, 1.54) is 19.3 Å². The van der Waals surface area contributed by atoms with Crippen molar-refractivity contribution < 1.29 is 19.4 Å². The summed E-state index contributed by atoms with van der Waals surface area (Å²) in [4.78, 5) is 27.0. The molecule has 3 atom stereocenters. The number of likely N-dealkylation sites (tertiary alicyclic amines) is 1. The highest BCUT2D eigenvalue weighted by Crippen LogP contribution is 2.22. The number of piperidine rings is 1. The number of aliphatic hydroxyl groups excluding tert-OH is 1. The van der Waals surface area contributed by atoms with Crippen molar-refractivity contribution in [3.63, 3.8) is 0 Å². The molecule has 0 saturated carbocycles. The number of ether oxygens (including phenoxy) is 1. The lowest BCUT2D eigenvalue weighted by atomic mass is 10.0. The van der Waals surface area contributed by atoms with Gasteiger partial charge in [0.25, 0.3) is 0 Å². The second-order valence-electron chi connectivity index (χ2n) is 8.26. The van der Waals surface area contributed by atoms with Gasteiger partial charge in [-0.1, -0.05) is 47.8 Å². The first-order chi connectivity index (χ1) is 15.4. The van der Waals surface area contributed by atoms with Gasteiger partial charge in [0.2, 0.25) is 11.8 Å². The monoisotopic (exact) mass is 483 g/mol. The minimum absolute atomic E-state index is 0.0647. The minimum Gasteiger partial charge on any atom is -0.394 e. The maximum atomic E-state index is 12.3. The van der Waals surface area contributed by atoms with Gasteiger partial charge in [0, 0.05) is 19.5 Å². The number of amides is 2. The smallest absolute Gasteiger partial charge is 0.223 e. The lowest BCUT2D eigenvalue weighted by Gasteiger charge is -2.32. The Morgan fingerprint density at radius 3 is 2.59 bits per heavy atom. The lowest BCUT2D eigenvalue weighted by Crippen LogP contribution is -2.49. The highest BCUT2D eigenvalue weighted by Gasteiger charge is 2.29. The summed E-state index contributed by atoms with van der Waals surface area (Å²) < 4.78 is 5.84. The molecule has 2 aliphatic rings. The van der Waals surface area contributed by atoms with E-state index in [1.54, 1.807) is 30.4 Å². The fraction of sp³-hybridized carbons (Fsp3) is 0.565. The van der Waals surface area contributed by atoms with E-state index in [0.717, 1.165) is 25.2 Å². The van der Waals surface area contributed by atoms with E-state index in [1.807, 2.05) is 0 Å². The number of carbonyl (C=O) groups excluding carboxylic acids is 2. The van der Waals surface area contributed by atoms with Gasteiger partial charge in [-0.15, -0.1) is 0 Å². The number of carbonyl (C=O) groups is 2. The van der Waals surface area contributed by atoms with Crippen molar-refractivity contribution in [3.8, 4) is 0 Å². The highest BCUT2D eigenvalue weighted by molar-refractivity contribution is 6.42. The minimum atomic E-state index is -0.591. The second kappa shape index (κ2) is 12.6. The van der Waals surface area contributed by atoms with Crippen LogP contribution in [-0.2, 0) is 20.9 Å². The van der Waals surface area contributed by atoms with Crippen LogP contribution in [0.5, 0.6) is 0 Å². The molecule has 7 nitrogen and oxygen atoms in total. The summed E-state index contributed by atoms with van der Waals surface area (Å²) in [5.41, 5.74) is 0.841. The molecule has 1 aromatic rings. The summed E-state index contributed by atoms with van der Waals surface area (Å²) in [6.07, 6.45) is 6.69. The number of halogens is 2. The Hall–Kier alpha value is -1.64. The van der Waals surface area contributed by atoms with Gasteiger partial charge in [0.15, 0.2) is 0 Å². The SMILES string of the molecule is O=C(C[C@@H]1C=C[C@H](NC(=O)CCN2CCCCC2)[C@@H](CO)O1)NCc1ccc(Cl)c(Cl)c1. The molecule has 32 heavy (non-hydrogen) atoms. The molecular weight excluding hydrogens is 453 g/mol. The Morgan fingerprint density at radius 1 is 1.09 bits per heavy atom. The van der Waals surface area contributed by atoms with Crippen LogP contribution in [0.3, 0.4) is 0 Å². The Morgan fingerprint density at radius 2 is 1.88 bits per heavy atom. The third-order valence-electron chi connectivity index (χ3n) is 5.75. The van der Waals surface area contributed by atoms with Gasteiger partial charge >= 0.3 is 0 Å². The molecule has 2 heterocycles. The molecule has 3 N–H and O–H groups in total. The number of rotatable bonds is 9. The molecule has 2 amide bonds. The van der Waals surface area contributed by atoms with E-state index in [2.05, 4.69) is 15.5 Å². The topological polar surface area (TPSA) is 90.9 Å². The van der Waals surface area contributed by atoms with Crippen molar-refractivity contribution in [1.82, 2.24) is 15.5 Å². The van der Waals surface area contributed by atoms with Crippen LogP contribution in [0.4, 0.5) is 0 Å². The fourth-order valence-electron chi connectivity index (χ4n) is 3.94. The van der Waals surface area contributed by atoms with Crippen LogP contribution >= 0.6 is 23.2 Å². The largest absolute Gasteiger partial charge is 0.394 e. The summed E-state index contributed by atoms with van der Waals surface area (Å²) in [5.74, 6) is -0.253. The van der Waals surface area contributed by atoms with Crippen LogP contribution in [0.15, 0.2) is 30.4 Å². The fourth-order valence-corrected chi connectivity index (χ4v) is 4.26. The molecule has 0 bridgehead atoms. The Labute approximate surface area is 199 Å². The first kappa shape index (κ1) is 25.0. The van der Waals surface area contributed by atoms with Crippen LogP contribution in [0.25, 0.3) is 0 Å². The second-order valence-corrected chi connectivity index (χ2v) is 9.07. The molecule has 176 valence electrons. The number of nitrogens with zero attached hydrogens (tertiary/aromatic N) is 1. The summed E-state index contributed by atoms with van der Waals surface area (Å²) >= 11 is 11.9. The van der Waals surface area contributed by atoms with Crippen molar-refractivity contribution in [2.24, 2.45) is 0 Å². The maximum Gasteiger partial charge on any atom is 0.223 e. The lowest BCUT2D eigenvalue weighted by molar-refractivity contribution is -0.128. The Kier molecular flexibility index (Phi) is 9.81. The number of benzene rings is 1. The van der Waals surface area contributed by atoms with Gasteiger partial charge in [-0.25, -0.2) is 0 Å². The van der Waals surface area contributed by atoms with Gasteiger partial charge in [0.05, 0.1) is 35.2 Å². The average molecular weight is 484 g/mol.